The largest absolute Gasteiger partial charge is 0.493 e. The van der Waals surface area contributed by atoms with Gasteiger partial charge in [0.1, 0.15) is 6.10 Å². The first-order valence-electron chi connectivity index (χ1n) is 7.36. The maximum Gasteiger partial charge on any atom is 0.164 e. The number of methoxy groups -OCH3 is 1. The van der Waals surface area contributed by atoms with Gasteiger partial charge in [-0.1, -0.05) is 12.1 Å². The Hall–Kier alpha value is -1.26. The summed E-state index contributed by atoms with van der Waals surface area (Å²) in [4.78, 5) is 2.30. The molecule has 1 unspecified atom stereocenters. The van der Waals surface area contributed by atoms with Crippen LogP contribution >= 0.6 is 0 Å². The molecule has 0 spiro atoms. The number of aryl methyl sites for hydroxylation is 1. The number of piperidine rings is 1. The number of para-hydroxylation sites is 1. The number of likely N-dealkylation sites (tertiary alicyclic amines) is 1. The van der Waals surface area contributed by atoms with E-state index in [9.17, 15) is 0 Å². The van der Waals surface area contributed by atoms with Crippen molar-refractivity contribution in [3.8, 4) is 11.5 Å². The summed E-state index contributed by atoms with van der Waals surface area (Å²) in [5.41, 5.74) is 1.12. The second-order valence-electron chi connectivity index (χ2n) is 5.42. The summed E-state index contributed by atoms with van der Waals surface area (Å²) in [6.07, 6.45) is 4.03. The summed E-state index contributed by atoms with van der Waals surface area (Å²) in [6.45, 7) is 2.30. The first-order valence-corrected chi connectivity index (χ1v) is 7.36. The zero-order chi connectivity index (χ0) is 14.4. The van der Waals surface area contributed by atoms with Crippen molar-refractivity contribution in [2.24, 2.45) is 0 Å². The Morgan fingerprint density at radius 1 is 1.40 bits per heavy atom. The van der Waals surface area contributed by atoms with E-state index in [1.165, 1.54) is 6.42 Å². The van der Waals surface area contributed by atoms with E-state index in [2.05, 4.69) is 18.0 Å². The molecule has 1 aromatic rings. The van der Waals surface area contributed by atoms with E-state index in [-0.39, 0.29) is 12.7 Å². The molecule has 4 heteroatoms. The maximum absolute atomic E-state index is 9.02. The number of ether oxygens (including phenoxy) is 2. The van der Waals surface area contributed by atoms with Crippen LogP contribution in [0.25, 0.3) is 0 Å². The van der Waals surface area contributed by atoms with E-state index in [1.54, 1.807) is 7.11 Å². The number of hydrogen-bond acceptors (Lipinski definition) is 4. The van der Waals surface area contributed by atoms with Gasteiger partial charge in [0.25, 0.3) is 0 Å². The molecular weight excluding hydrogens is 254 g/mol. The minimum Gasteiger partial charge on any atom is -0.493 e. The molecule has 1 heterocycles. The van der Waals surface area contributed by atoms with Gasteiger partial charge in [-0.25, -0.2) is 0 Å². The van der Waals surface area contributed by atoms with E-state index in [0.29, 0.717) is 0 Å². The number of hydrogen-bond donors (Lipinski definition) is 1. The molecule has 1 atom stereocenters. The van der Waals surface area contributed by atoms with Crippen LogP contribution in [0.2, 0.25) is 0 Å². The third-order valence-electron chi connectivity index (χ3n) is 3.75. The summed E-state index contributed by atoms with van der Waals surface area (Å²) in [6, 6.07) is 5.97. The average Bonchev–Trinajstić information content (AvgIpc) is 2.46. The van der Waals surface area contributed by atoms with Gasteiger partial charge in [0.05, 0.1) is 7.11 Å². The fraction of sp³-hybridized carbons (Fsp3) is 0.625. The van der Waals surface area contributed by atoms with Gasteiger partial charge in [0.2, 0.25) is 0 Å². The van der Waals surface area contributed by atoms with Crippen molar-refractivity contribution in [3.63, 3.8) is 0 Å². The van der Waals surface area contributed by atoms with Crippen LogP contribution in [-0.2, 0) is 6.42 Å². The number of aliphatic hydroxyl groups excluding tert-OH is 1. The van der Waals surface area contributed by atoms with E-state index >= 15 is 0 Å². The van der Waals surface area contributed by atoms with Gasteiger partial charge in [0.15, 0.2) is 11.5 Å². The zero-order valence-corrected chi connectivity index (χ0v) is 12.5. The molecule has 1 aromatic carbocycles. The second-order valence-corrected chi connectivity index (χ2v) is 5.42. The van der Waals surface area contributed by atoms with Crippen molar-refractivity contribution < 1.29 is 14.6 Å². The maximum atomic E-state index is 9.02. The topological polar surface area (TPSA) is 41.9 Å². The average molecular weight is 279 g/mol. The number of benzene rings is 1. The highest BCUT2D eigenvalue weighted by Gasteiger charge is 2.21. The van der Waals surface area contributed by atoms with Gasteiger partial charge in [-0.2, -0.15) is 0 Å². The SMILES string of the molecule is COc1cccc(CCCO)c1OC1CCCN(C)C1. The first kappa shape index (κ1) is 15.1. The normalized spacial score (nSPS) is 19.9. The Balaban J connectivity index is 2.14. The summed E-state index contributed by atoms with van der Waals surface area (Å²) in [5, 5.41) is 9.02. The minimum absolute atomic E-state index is 0.197. The van der Waals surface area contributed by atoms with E-state index in [0.717, 1.165) is 49.4 Å². The van der Waals surface area contributed by atoms with E-state index < -0.39 is 0 Å². The molecular formula is C16H25NO3. The molecule has 4 nitrogen and oxygen atoms in total. The Labute approximate surface area is 121 Å². The van der Waals surface area contributed by atoms with Gasteiger partial charge < -0.3 is 19.5 Å². The quantitative estimate of drug-likeness (QED) is 0.866. The van der Waals surface area contributed by atoms with Crippen LogP contribution in [0.15, 0.2) is 18.2 Å². The number of rotatable bonds is 6. The standard InChI is InChI=1S/C16H25NO3/c1-17-10-4-8-14(12-17)20-16-13(7-5-11-18)6-3-9-15(16)19-2/h3,6,9,14,18H,4-5,7-8,10-12H2,1-2H3. The molecule has 0 radical (unpaired) electrons. The summed E-state index contributed by atoms with van der Waals surface area (Å²) < 4.78 is 11.7. The van der Waals surface area contributed by atoms with Crippen LogP contribution in [0, 0.1) is 0 Å². The summed E-state index contributed by atoms with van der Waals surface area (Å²) in [7, 11) is 3.80. The van der Waals surface area contributed by atoms with Crippen molar-refractivity contribution >= 4 is 0 Å². The predicted octanol–water partition coefficient (Wildman–Crippen LogP) is 2.09. The van der Waals surface area contributed by atoms with E-state index in [1.807, 2.05) is 12.1 Å². The second kappa shape index (κ2) is 7.50. The molecule has 1 aliphatic heterocycles. The minimum atomic E-state index is 0.197. The molecule has 1 saturated heterocycles. The van der Waals surface area contributed by atoms with Crippen LogP contribution in [0.1, 0.15) is 24.8 Å². The lowest BCUT2D eigenvalue weighted by atomic mass is 10.1. The van der Waals surface area contributed by atoms with Gasteiger partial charge in [0, 0.05) is 13.2 Å². The van der Waals surface area contributed by atoms with E-state index in [4.69, 9.17) is 14.6 Å². The molecule has 112 valence electrons. The lowest BCUT2D eigenvalue weighted by molar-refractivity contribution is 0.100. The van der Waals surface area contributed by atoms with Gasteiger partial charge >= 0.3 is 0 Å². The number of nitrogens with zero attached hydrogens (tertiary/aromatic N) is 1. The number of aliphatic hydroxyl groups is 1. The Kier molecular flexibility index (Phi) is 5.68. The van der Waals surface area contributed by atoms with Crippen molar-refractivity contribution in [2.45, 2.75) is 31.8 Å². The van der Waals surface area contributed by atoms with Crippen LogP contribution < -0.4 is 9.47 Å². The third-order valence-corrected chi connectivity index (χ3v) is 3.75. The monoisotopic (exact) mass is 279 g/mol. The first-order chi connectivity index (χ1) is 9.74. The molecule has 0 saturated carbocycles. The fourth-order valence-electron chi connectivity index (χ4n) is 2.70. The molecule has 1 fully saturated rings. The van der Waals surface area contributed by atoms with Crippen LogP contribution in [0.5, 0.6) is 11.5 Å². The lowest BCUT2D eigenvalue weighted by Crippen LogP contribution is -2.38. The predicted molar refractivity (Wildman–Crippen MR) is 79.5 cm³/mol. The van der Waals surface area contributed by atoms with Crippen LogP contribution in [-0.4, -0.2) is 50.0 Å². The highest BCUT2D eigenvalue weighted by molar-refractivity contribution is 5.46. The van der Waals surface area contributed by atoms with Crippen molar-refractivity contribution in [1.29, 1.82) is 0 Å². The van der Waals surface area contributed by atoms with Gasteiger partial charge in [-0.15, -0.1) is 0 Å². The molecule has 0 bridgehead atoms. The van der Waals surface area contributed by atoms with Crippen molar-refractivity contribution in [1.82, 2.24) is 4.90 Å². The van der Waals surface area contributed by atoms with Crippen molar-refractivity contribution in [3.05, 3.63) is 23.8 Å². The Morgan fingerprint density at radius 2 is 2.25 bits per heavy atom. The number of likely N-dealkylation sites (N-methyl/N-ethyl adjacent to an activating group) is 1. The molecule has 1 N–H and O–H groups in total. The molecule has 0 aromatic heterocycles. The third kappa shape index (κ3) is 3.87. The van der Waals surface area contributed by atoms with Crippen LogP contribution in [0.4, 0.5) is 0 Å². The fourth-order valence-corrected chi connectivity index (χ4v) is 2.70. The highest BCUT2D eigenvalue weighted by Crippen LogP contribution is 2.33. The highest BCUT2D eigenvalue weighted by atomic mass is 16.5. The lowest BCUT2D eigenvalue weighted by Gasteiger charge is -2.31. The van der Waals surface area contributed by atoms with Gasteiger partial charge in [-0.3, -0.25) is 0 Å². The summed E-state index contributed by atoms with van der Waals surface area (Å²) in [5.74, 6) is 1.64. The summed E-state index contributed by atoms with van der Waals surface area (Å²) >= 11 is 0. The molecule has 20 heavy (non-hydrogen) atoms. The Morgan fingerprint density at radius 3 is 2.95 bits per heavy atom. The van der Waals surface area contributed by atoms with Gasteiger partial charge in [-0.05, 0) is 50.9 Å². The molecule has 2 rings (SSSR count). The van der Waals surface area contributed by atoms with Crippen molar-refractivity contribution in [2.75, 3.05) is 33.9 Å². The Bertz CT molecular complexity index is 422. The smallest absolute Gasteiger partial charge is 0.164 e. The van der Waals surface area contributed by atoms with Crippen LogP contribution in [0.3, 0.4) is 0 Å². The molecule has 0 aliphatic carbocycles. The molecule has 1 aliphatic rings. The zero-order valence-electron chi connectivity index (χ0n) is 12.5. The molecule has 0 amide bonds.